The van der Waals surface area contributed by atoms with E-state index in [4.69, 9.17) is 22.9 Å². The average Bonchev–Trinajstić information content (AvgIpc) is 2.15. The van der Waals surface area contributed by atoms with Crippen LogP contribution in [-0.4, -0.2) is 46.6 Å². The van der Waals surface area contributed by atoms with E-state index in [1.165, 1.54) is 0 Å². The molecule has 0 amide bonds. The summed E-state index contributed by atoms with van der Waals surface area (Å²) in [4.78, 5) is 0. The van der Waals surface area contributed by atoms with Gasteiger partial charge in [-0.2, -0.15) is 0 Å². The molecule has 0 spiro atoms. The number of rotatable bonds is 7. The molecule has 0 fully saturated rings. The normalized spacial score (nSPS) is 23.2. The van der Waals surface area contributed by atoms with Crippen LogP contribution in [0, 0.1) is 0 Å². The molecule has 0 heterocycles. The van der Waals surface area contributed by atoms with E-state index in [-0.39, 0.29) is 25.9 Å². The molecule has 0 saturated heterocycles. The minimum absolute atomic E-state index is 0.141. The monoisotopic (exact) mass is 234 g/mol. The molecule has 0 saturated carbocycles. The van der Waals surface area contributed by atoms with Gasteiger partial charge in [0, 0.05) is 24.2 Å². The molecule has 0 rings (SSSR count). The van der Waals surface area contributed by atoms with Gasteiger partial charge in [0.15, 0.2) is 0 Å². The zero-order valence-corrected chi connectivity index (χ0v) is 10.2. The lowest BCUT2D eigenvalue weighted by Gasteiger charge is -2.43. The average molecular weight is 234 g/mol. The van der Waals surface area contributed by atoms with Crippen molar-refractivity contribution in [3.8, 4) is 0 Å². The van der Waals surface area contributed by atoms with Gasteiger partial charge in [-0.15, -0.1) is 0 Å². The quantitative estimate of drug-likeness (QED) is 0.296. The first-order valence-electron chi connectivity index (χ1n) is 5.50. The highest BCUT2D eigenvalue weighted by atomic mass is 16.3. The van der Waals surface area contributed by atoms with Crippen LogP contribution in [0.25, 0.3) is 0 Å². The maximum atomic E-state index is 9.50. The SMILES string of the molecule is CC(N)(CC(O)CN)C(C)(N)CC(O)CN. The van der Waals surface area contributed by atoms with Gasteiger partial charge in [0.05, 0.1) is 12.2 Å². The van der Waals surface area contributed by atoms with E-state index >= 15 is 0 Å². The number of hydrogen-bond donors (Lipinski definition) is 6. The summed E-state index contributed by atoms with van der Waals surface area (Å²) in [6.45, 7) is 3.77. The lowest BCUT2D eigenvalue weighted by Crippen LogP contribution is -2.65. The first-order chi connectivity index (χ1) is 7.16. The highest BCUT2D eigenvalue weighted by Crippen LogP contribution is 2.26. The van der Waals surface area contributed by atoms with Crippen LogP contribution in [0.1, 0.15) is 26.7 Å². The third kappa shape index (κ3) is 4.32. The van der Waals surface area contributed by atoms with E-state index in [0.29, 0.717) is 0 Å². The van der Waals surface area contributed by atoms with Gasteiger partial charge in [-0.25, -0.2) is 0 Å². The smallest absolute Gasteiger partial charge is 0.0680 e. The first-order valence-corrected chi connectivity index (χ1v) is 5.50. The molecule has 16 heavy (non-hydrogen) atoms. The summed E-state index contributed by atoms with van der Waals surface area (Å²) in [6.07, 6.45) is -0.803. The van der Waals surface area contributed by atoms with Gasteiger partial charge in [-0.1, -0.05) is 0 Å². The number of hydrogen-bond acceptors (Lipinski definition) is 6. The molecule has 0 aliphatic carbocycles. The van der Waals surface area contributed by atoms with Crippen LogP contribution in [-0.2, 0) is 0 Å². The van der Waals surface area contributed by atoms with Crippen LogP contribution in [0.2, 0.25) is 0 Å². The van der Waals surface area contributed by atoms with Crippen LogP contribution in [0.15, 0.2) is 0 Å². The molecule has 4 unspecified atom stereocenters. The zero-order chi connectivity index (χ0) is 13.0. The van der Waals surface area contributed by atoms with Gasteiger partial charge in [0.25, 0.3) is 0 Å². The van der Waals surface area contributed by atoms with Gasteiger partial charge in [0.2, 0.25) is 0 Å². The fraction of sp³-hybridized carbons (Fsp3) is 1.00. The molecule has 0 aliphatic rings. The number of nitrogens with two attached hydrogens (primary N) is 4. The fourth-order valence-electron chi connectivity index (χ4n) is 1.61. The lowest BCUT2D eigenvalue weighted by atomic mass is 9.74. The van der Waals surface area contributed by atoms with Crippen LogP contribution in [0.5, 0.6) is 0 Å². The second-order valence-corrected chi connectivity index (χ2v) is 5.02. The second kappa shape index (κ2) is 5.90. The van der Waals surface area contributed by atoms with Gasteiger partial charge < -0.3 is 33.1 Å². The van der Waals surface area contributed by atoms with Crippen molar-refractivity contribution in [2.75, 3.05) is 13.1 Å². The Morgan fingerprint density at radius 2 is 1.12 bits per heavy atom. The molecule has 0 radical (unpaired) electrons. The predicted molar refractivity (Wildman–Crippen MR) is 64.5 cm³/mol. The maximum Gasteiger partial charge on any atom is 0.0680 e. The Hall–Kier alpha value is -0.240. The van der Waals surface area contributed by atoms with Crippen LogP contribution in [0.4, 0.5) is 0 Å². The largest absolute Gasteiger partial charge is 0.392 e. The highest BCUT2D eigenvalue weighted by Gasteiger charge is 2.40. The second-order valence-electron chi connectivity index (χ2n) is 5.02. The van der Waals surface area contributed by atoms with Crippen LogP contribution < -0.4 is 22.9 Å². The fourth-order valence-corrected chi connectivity index (χ4v) is 1.61. The molecule has 0 aromatic rings. The maximum absolute atomic E-state index is 9.50. The number of aliphatic hydroxyl groups excluding tert-OH is 2. The van der Waals surface area contributed by atoms with E-state index in [1.54, 1.807) is 13.8 Å². The predicted octanol–water partition coefficient (Wildman–Crippen LogP) is -2.16. The molecule has 6 heteroatoms. The lowest BCUT2D eigenvalue weighted by molar-refractivity contribution is 0.0771. The van der Waals surface area contributed by atoms with Crippen molar-refractivity contribution in [1.29, 1.82) is 0 Å². The molecule has 0 aliphatic heterocycles. The minimum Gasteiger partial charge on any atom is -0.392 e. The van der Waals surface area contributed by atoms with E-state index in [0.717, 1.165) is 0 Å². The highest BCUT2D eigenvalue weighted by molar-refractivity contribution is 5.03. The van der Waals surface area contributed by atoms with Crippen molar-refractivity contribution < 1.29 is 10.2 Å². The Balaban J connectivity index is 4.56. The van der Waals surface area contributed by atoms with E-state index < -0.39 is 23.3 Å². The summed E-state index contributed by atoms with van der Waals surface area (Å²) < 4.78 is 0. The van der Waals surface area contributed by atoms with E-state index in [2.05, 4.69) is 0 Å². The molecule has 0 aromatic carbocycles. The summed E-state index contributed by atoms with van der Waals surface area (Å²) in [5, 5.41) is 19.0. The van der Waals surface area contributed by atoms with Gasteiger partial charge in [-0.05, 0) is 26.7 Å². The molecule has 10 N–H and O–H groups in total. The van der Waals surface area contributed by atoms with Crippen molar-refractivity contribution in [2.24, 2.45) is 22.9 Å². The van der Waals surface area contributed by atoms with Crippen molar-refractivity contribution in [3.63, 3.8) is 0 Å². The molecule has 98 valence electrons. The van der Waals surface area contributed by atoms with Crippen molar-refractivity contribution in [1.82, 2.24) is 0 Å². The Kier molecular flexibility index (Phi) is 5.81. The van der Waals surface area contributed by atoms with Gasteiger partial charge >= 0.3 is 0 Å². The van der Waals surface area contributed by atoms with Crippen molar-refractivity contribution >= 4 is 0 Å². The molecule has 0 bridgehead atoms. The van der Waals surface area contributed by atoms with E-state index in [9.17, 15) is 10.2 Å². The molecule has 6 nitrogen and oxygen atoms in total. The molecular weight excluding hydrogens is 208 g/mol. The Morgan fingerprint density at radius 3 is 1.31 bits per heavy atom. The third-order valence-electron chi connectivity index (χ3n) is 3.17. The van der Waals surface area contributed by atoms with Crippen molar-refractivity contribution in [2.45, 2.75) is 50.0 Å². The van der Waals surface area contributed by atoms with Crippen molar-refractivity contribution in [3.05, 3.63) is 0 Å². The topological polar surface area (TPSA) is 145 Å². The Labute approximate surface area is 97.0 Å². The zero-order valence-electron chi connectivity index (χ0n) is 10.2. The standard InChI is InChI=1S/C10H26N4O2/c1-9(13,3-7(15)5-11)10(2,14)4-8(16)6-12/h7-8,15-16H,3-6,11-14H2,1-2H3. The van der Waals surface area contributed by atoms with Crippen LogP contribution in [0.3, 0.4) is 0 Å². The summed E-state index contributed by atoms with van der Waals surface area (Å²) >= 11 is 0. The minimum atomic E-state index is -0.818. The van der Waals surface area contributed by atoms with Gasteiger partial charge in [-0.3, -0.25) is 0 Å². The summed E-state index contributed by atoms with van der Waals surface area (Å²) in [5.41, 5.74) is 21.2. The first kappa shape index (κ1) is 15.8. The summed E-state index contributed by atoms with van der Waals surface area (Å²) in [7, 11) is 0. The summed E-state index contributed by atoms with van der Waals surface area (Å²) in [6, 6.07) is 0. The Morgan fingerprint density at radius 1 is 0.875 bits per heavy atom. The van der Waals surface area contributed by atoms with Gasteiger partial charge in [0.1, 0.15) is 0 Å². The Bertz CT molecular complexity index is 187. The molecule has 4 atom stereocenters. The third-order valence-corrected chi connectivity index (χ3v) is 3.17. The van der Waals surface area contributed by atoms with E-state index in [1.807, 2.05) is 0 Å². The number of aliphatic hydroxyl groups is 2. The summed E-state index contributed by atoms with van der Waals surface area (Å²) in [5.74, 6) is 0. The molecule has 0 aromatic heterocycles. The molecular formula is C10H26N4O2. The van der Waals surface area contributed by atoms with Crippen LogP contribution >= 0.6 is 0 Å².